The van der Waals surface area contributed by atoms with Crippen molar-refractivity contribution in [3.8, 4) is 0 Å². The molecule has 0 amide bonds. The largest absolute Gasteiger partial charge is 0.478 e. The van der Waals surface area contributed by atoms with Crippen LogP contribution in [0, 0.1) is 19.7 Å². The Hall–Kier alpha value is -1.81. The minimum absolute atomic E-state index is 0.271. The van der Waals surface area contributed by atoms with Gasteiger partial charge in [0.05, 0.1) is 0 Å². The molecule has 19 heavy (non-hydrogen) atoms. The number of hydrogen-bond donors (Lipinski definition) is 1. The van der Waals surface area contributed by atoms with E-state index in [-0.39, 0.29) is 5.56 Å². The molecule has 0 radical (unpaired) electrons. The summed E-state index contributed by atoms with van der Waals surface area (Å²) in [5.74, 6) is -1.95. The van der Waals surface area contributed by atoms with Gasteiger partial charge in [0.25, 0.3) is 0 Å². The number of carbonyl (C=O) groups is 1. The van der Waals surface area contributed by atoms with Crippen LogP contribution in [0.3, 0.4) is 0 Å². The lowest BCUT2D eigenvalue weighted by Gasteiger charge is -2.09. The van der Waals surface area contributed by atoms with Gasteiger partial charge in [0, 0.05) is 9.79 Å². The molecule has 2 nitrogen and oxygen atoms in total. The Morgan fingerprint density at radius 2 is 1.89 bits per heavy atom. The molecule has 0 heterocycles. The van der Waals surface area contributed by atoms with Crippen molar-refractivity contribution in [2.75, 3.05) is 0 Å². The molecule has 0 spiro atoms. The SMILES string of the molecule is Cc1ccc(Sc2cccc(F)c2C(=O)O)c(C)c1. The molecule has 0 aliphatic carbocycles. The Kier molecular flexibility index (Phi) is 3.90. The molecule has 0 fully saturated rings. The summed E-state index contributed by atoms with van der Waals surface area (Å²) in [5.41, 5.74) is 1.91. The molecule has 0 aromatic heterocycles. The molecule has 0 atom stereocenters. The smallest absolute Gasteiger partial charge is 0.339 e. The molecule has 0 saturated heterocycles. The second-order valence-electron chi connectivity index (χ2n) is 4.29. The van der Waals surface area contributed by atoms with Crippen molar-refractivity contribution in [2.24, 2.45) is 0 Å². The van der Waals surface area contributed by atoms with E-state index in [0.717, 1.165) is 22.1 Å². The Balaban J connectivity index is 2.44. The molecule has 2 rings (SSSR count). The molecule has 0 saturated carbocycles. The lowest BCUT2D eigenvalue weighted by Crippen LogP contribution is -2.02. The lowest BCUT2D eigenvalue weighted by molar-refractivity contribution is 0.0688. The molecular formula is C15H13FO2S. The van der Waals surface area contributed by atoms with Crippen LogP contribution in [0.5, 0.6) is 0 Å². The summed E-state index contributed by atoms with van der Waals surface area (Å²) in [6.07, 6.45) is 0. The van der Waals surface area contributed by atoms with E-state index in [0.29, 0.717) is 4.90 Å². The molecule has 0 aliphatic rings. The van der Waals surface area contributed by atoms with Crippen LogP contribution in [0.15, 0.2) is 46.2 Å². The second-order valence-corrected chi connectivity index (χ2v) is 5.37. The van der Waals surface area contributed by atoms with Crippen molar-refractivity contribution in [1.29, 1.82) is 0 Å². The van der Waals surface area contributed by atoms with Gasteiger partial charge < -0.3 is 5.11 Å². The summed E-state index contributed by atoms with van der Waals surface area (Å²) in [5, 5.41) is 9.08. The summed E-state index contributed by atoms with van der Waals surface area (Å²) in [6.45, 7) is 3.95. The minimum Gasteiger partial charge on any atom is -0.478 e. The van der Waals surface area contributed by atoms with Crippen LogP contribution in [0.25, 0.3) is 0 Å². The highest BCUT2D eigenvalue weighted by Crippen LogP contribution is 2.33. The maximum absolute atomic E-state index is 13.6. The Bertz CT molecular complexity index is 638. The zero-order valence-electron chi connectivity index (χ0n) is 10.6. The number of aromatic carboxylic acids is 1. The highest BCUT2D eigenvalue weighted by Gasteiger charge is 2.16. The van der Waals surface area contributed by atoms with Gasteiger partial charge >= 0.3 is 5.97 Å². The summed E-state index contributed by atoms with van der Waals surface area (Å²) in [6, 6.07) is 10.2. The average molecular weight is 276 g/mol. The Morgan fingerprint density at radius 3 is 2.53 bits per heavy atom. The van der Waals surface area contributed by atoms with E-state index in [9.17, 15) is 9.18 Å². The molecule has 98 valence electrons. The third kappa shape index (κ3) is 2.96. The molecular weight excluding hydrogens is 263 g/mol. The van der Waals surface area contributed by atoms with Gasteiger partial charge in [0.2, 0.25) is 0 Å². The number of carboxylic acid groups (broad SMARTS) is 1. The molecule has 2 aromatic rings. The van der Waals surface area contributed by atoms with E-state index in [1.54, 1.807) is 6.07 Å². The number of rotatable bonds is 3. The van der Waals surface area contributed by atoms with Gasteiger partial charge in [0.15, 0.2) is 0 Å². The molecule has 1 N–H and O–H groups in total. The standard InChI is InChI=1S/C15H13FO2S/c1-9-6-7-12(10(2)8-9)19-13-5-3-4-11(16)14(13)15(17)18/h3-8H,1-2H3,(H,17,18). The fourth-order valence-corrected chi connectivity index (χ4v) is 2.86. The van der Waals surface area contributed by atoms with Gasteiger partial charge in [-0.1, -0.05) is 35.5 Å². The van der Waals surface area contributed by atoms with E-state index in [1.807, 2.05) is 32.0 Å². The van der Waals surface area contributed by atoms with Crippen molar-refractivity contribution >= 4 is 17.7 Å². The first-order valence-corrected chi connectivity index (χ1v) is 6.57. The predicted molar refractivity (Wildman–Crippen MR) is 73.4 cm³/mol. The van der Waals surface area contributed by atoms with Gasteiger partial charge in [-0.3, -0.25) is 0 Å². The summed E-state index contributed by atoms with van der Waals surface area (Å²) >= 11 is 1.27. The summed E-state index contributed by atoms with van der Waals surface area (Å²) < 4.78 is 13.6. The highest BCUT2D eigenvalue weighted by atomic mass is 32.2. The van der Waals surface area contributed by atoms with Crippen LogP contribution in [-0.2, 0) is 0 Å². The fraction of sp³-hybridized carbons (Fsp3) is 0.133. The number of halogens is 1. The van der Waals surface area contributed by atoms with Crippen LogP contribution in [-0.4, -0.2) is 11.1 Å². The third-order valence-electron chi connectivity index (χ3n) is 2.74. The highest BCUT2D eigenvalue weighted by molar-refractivity contribution is 7.99. The van der Waals surface area contributed by atoms with E-state index >= 15 is 0 Å². The van der Waals surface area contributed by atoms with Crippen molar-refractivity contribution in [3.63, 3.8) is 0 Å². The van der Waals surface area contributed by atoms with Crippen LogP contribution < -0.4 is 0 Å². The van der Waals surface area contributed by atoms with E-state index in [2.05, 4.69) is 0 Å². The first-order valence-electron chi connectivity index (χ1n) is 5.76. The van der Waals surface area contributed by atoms with Gasteiger partial charge in [-0.15, -0.1) is 0 Å². The van der Waals surface area contributed by atoms with Gasteiger partial charge in [-0.2, -0.15) is 0 Å². The topological polar surface area (TPSA) is 37.3 Å². The molecule has 4 heteroatoms. The van der Waals surface area contributed by atoms with Gasteiger partial charge in [-0.25, -0.2) is 9.18 Å². The van der Waals surface area contributed by atoms with Crippen LogP contribution in [0.4, 0.5) is 4.39 Å². The number of aryl methyl sites for hydroxylation is 2. The molecule has 0 unspecified atom stereocenters. The third-order valence-corrected chi connectivity index (χ3v) is 3.98. The van der Waals surface area contributed by atoms with Crippen LogP contribution in [0.2, 0.25) is 0 Å². The van der Waals surface area contributed by atoms with E-state index in [1.165, 1.54) is 17.8 Å². The zero-order chi connectivity index (χ0) is 14.0. The van der Waals surface area contributed by atoms with Crippen LogP contribution in [0.1, 0.15) is 21.5 Å². The Labute approximate surface area is 115 Å². The predicted octanol–water partition coefficient (Wildman–Crippen LogP) is 4.29. The fourth-order valence-electron chi connectivity index (χ4n) is 1.83. The summed E-state index contributed by atoms with van der Waals surface area (Å²) in [7, 11) is 0. The molecule has 2 aromatic carbocycles. The maximum atomic E-state index is 13.6. The van der Waals surface area contributed by atoms with Gasteiger partial charge in [-0.05, 0) is 37.6 Å². The first kappa shape index (κ1) is 13.6. The van der Waals surface area contributed by atoms with Crippen molar-refractivity contribution in [1.82, 2.24) is 0 Å². The second kappa shape index (κ2) is 5.45. The van der Waals surface area contributed by atoms with Crippen molar-refractivity contribution in [3.05, 3.63) is 58.9 Å². The molecule has 0 aliphatic heterocycles. The lowest BCUT2D eigenvalue weighted by atomic mass is 10.2. The van der Waals surface area contributed by atoms with Gasteiger partial charge in [0.1, 0.15) is 11.4 Å². The van der Waals surface area contributed by atoms with E-state index in [4.69, 9.17) is 5.11 Å². The minimum atomic E-state index is -1.25. The van der Waals surface area contributed by atoms with Crippen molar-refractivity contribution < 1.29 is 14.3 Å². The average Bonchev–Trinajstić information content (AvgIpc) is 2.32. The Morgan fingerprint density at radius 1 is 1.16 bits per heavy atom. The molecule has 0 bridgehead atoms. The normalized spacial score (nSPS) is 10.5. The maximum Gasteiger partial charge on any atom is 0.339 e. The number of benzene rings is 2. The quantitative estimate of drug-likeness (QED) is 0.908. The number of hydrogen-bond acceptors (Lipinski definition) is 2. The monoisotopic (exact) mass is 276 g/mol. The van der Waals surface area contributed by atoms with E-state index < -0.39 is 11.8 Å². The number of carboxylic acids is 1. The van der Waals surface area contributed by atoms with Crippen LogP contribution >= 0.6 is 11.8 Å². The summed E-state index contributed by atoms with van der Waals surface area (Å²) in [4.78, 5) is 12.5. The zero-order valence-corrected chi connectivity index (χ0v) is 11.4. The van der Waals surface area contributed by atoms with Crippen molar-refractivity contribution in [2.45, 2.75) is 23.6 Å². The first-order chi connectivity index (χ1) is 8.99.